The number of ether oxygens (including phenoxy) is 1. The average Bonchev–Trinajstić information content (AvgIpc) is 2.63. The zero-order chi connectivity index (χ0) is 9.97. The summed E-state index contributed by atoms with van der Waals surface area (Å²) in [5, 5.41) is 18.4. The van der Waals surface area contributed by atoms with Crippen LogP contribution < -0.4 is 0 Å². The van der Waals surface area contributed by atoms with Gasteiger partial charge in [-0.05, 0) is 19.3 Å². The fraction of sp³-hybridized carbons (Fsp3) is 0.600. The third kappa shape index (κ3) is 1.58. The predicted octanol–water partition coefficient (Wildman–Crippen LogP) is 2.32. The van der Waals surface area contributed by atoms with Gasteiger partial charge in [0.25, 0.3) is 0 Å². The Bertz CT molecular complexity index is 318. The molecule has 72 valence electrons. The summed E-state index contributed by atoms with van der Waals surface area (Å²) in [4.78, 5) is 0. The Balaban J connectivity index is 2.18. The van der Waals surface area contributed by atoms with Crippen LogP contribution in [0.5, 0.6) is 0 Å². The zero-order valence-corrected chi connectivity index (χ0v) is 8.51. The van der Waals surface area contributed by atoms with Gasteiger partial charge in [-0.15, -0.1) is 0 Å². The smallest absolute Gasteiger partial charge is 0.182 e. The molecule has 1 heterocycles. The fourth-order valence-corrected chi connectivity index (χ4v) is 3.16. The van der Waals surface area contributed by atoms with E-state index < -0.39 is 0 Å². The van der Waals surface area contributed by atoms with Crippen molar-refractivity contribution in [2.24, 2.45) is 0 Å². The minimum Gasteiger partial charge on any atom is -0.481 e. The molecule has 0 aromatic rings. The molecule has 0 N–H and O–H groups in total. The Hall–Kier alpha value is -1.13. The monoisotopic (exact) mass is 206 g/mol. The highest BCUT2D eigenvalue weighted by molar-refractivity contribution is 8.03. The molecule has 0 radical (unpaired) electrons. The minimum absolute atomic E-state index is 0.129. The second-order valence-electron chi connectivity index (χ2n) is 3.48. The molecule has 2 aliphatic rings. The van der Waals surface area contributed by atoms with E-state index in [4.69, 9.17) is 15.3 Å². The van der Waals surface area contributed by atoms with Gasteiger partial charge in [0.05, 0.1) is 0 Å². The molecule has 3 nitrogen and oxygen atoms in total. The van der Waals surface area contributed by atoms with Gasteiger partial charge in [0.1, 0.15) is 18.2 Å². The highest BCUT2D eigenvalue weighted by atomic mass is 32.2. The molecule has 1 saturated carbocycles. The Morgan fingerprint density at radius 1 is 1.29 bits per heavy atom. The summed E-state index contributed by atoms with van der Waals surface area (Å²) in [7, 11) is 0. The number of nitriles is 2. The number of rotatable bonds is 0. The fourth-order valence-electron chi connectivity index (χ4n) is 1.87. The first-order valence-electron chi connectivity index (χ1n) is 4.73. The van der Waals surface area contributed by atoms with E-state index in [0.29, 0.717) is 10.3 Å². The van der Waals surface area contributed by atoms with E-state index in [0.717, 1.165) is 12.8 Å². The van der Waals surface area contributed by atoms with Crippen molar-refractivity contribution < 1.29 is 4.74 Å². The van der Waals surface area contributed by atoms with Crippen molar-refractivity contribution in [3.63, 3.8) is 0 Å². The lowest BCUT2D eigenvalue weighted by Gasteiger charge is -2.21. The second-order valence-corrected chi connectivity index (χ2v) is 4.70. The van der Waals surface area contributed by atoms with Crippen molar-refractivity contribution in [3.8, 4) is 12.1 Å². The van der Waals surface area contributed by atoms with Crippen LogP contribution in [-0.2, 0) is 4.74 Å². The van der Waals surface area contributed by atoms with Gasteiger partial charge in [-0.2, -0.15) is 10.5 Å². The molecule has 0 aromatic carbocycles. The lowest BCUT2D eigenvalue weighted by molar-refractivity contribution is 0.120. The molecular formula is C10H10N2OS. The number of fused-ring (bicyclic) bond motifs is 1. The van der Waals surface area contributed by atoms with E-state index in [1.54, 1.807) is 11.8 Å². The summed E-state index contributed by atoms with van der Waals surface area (Å²) in [6.45, 7) is 0. The quantitative estimate of drug-likeness (QED) is 0.571. The molecule has 1 aliphatic heterocycles. The SMILES string of the molecule is N#CC(C#N)=C1O[C@@H]2CCCC[C@@H]2S1. The van der Waals surface area contributed by atoms with E-state index >= 15 is 0 Å². The first-order chi connectivity index (χ1) is 6.85. The second kappa shape index (κ2) is 3.94. The summed E-state index contributed by atoms with van der Waals surface area (Å²) in [6.07, 6.45) is 4.87. The molecule has 2 fully saturated rings. The van der Waals surface area contributed by atoms with Crippen LogP contribution in [0.25, 0.3) is 0 Å². The van der Waals surface area contributed by atoms with E-state index in [2.05, 4.69) is 0 Å². The molecule has 1 aliphatic carbocycles. The van der Waals surface area contributed by atoms with Crippen molar-refractivity contribution in [2.75, 3.05) is 0 Å². The van der Waals surface area contributed by atoms with Gasteiger partial charge in [0.15, 0.2) is 10.7 Å². The van der Waals surface area contributed by atoms with Crippen molar-refractivity contribution in [1.29, 1.82) is 10.5 Å². The van der Waals surface area contributed by atoms with E-state index in [-0.39, 0.29) is 11.7 Å². The summed E-state index contributed by atoms with van der Waals surface area (Å²) in [5.41, 5.74) is 0.129. The van der Waals surface area contributed by atoms with Gasteiger partial charge < -0.3 is 4.74 Å². The van der Waals surface area contributed by atoms with E-state index in [1.807, 2.05) is 12.1 Å². The highest BCUT2D eigenvalue weighted by Crippen LogP contribution is 2.44. The normalized spacial score (nSPS) is 29.7. The Kier molecular flexibility index (Phi) is 2.65. The lowest BCUT2D eigenvalue weighted by Crippen LogP contribution is -2.23. The molecule has 0 unspecified atom stereocenters. The van der Waals surface area contributed by atoms with Crippen LogP contribution in [0.3, 0.4) is 0 Å². The number of thioether (sulfide) groups is 1. The number of hydrogen-bond acceptors (Lipinski definition) is 4. The molecule has 14 heavy (non-hydrogen) atoms. The van der Waals surface area contributed by atoms with Gasteiger partial charge in [0, 0.05) is 5.25 Å². The first kappa shape index (κ1) is 9.43. The van der Waals surface area contributed by atoms with Crippen LogP contribution in [0.4, 0.5) is 0 Å². The molecule has 4 heteroatoms. The van der Waals surface area contributed by atoms with Crippen molar-refractivity contribution in [3.05, 3.63) is 10.7 Å². The largest absolute Gasteiger partial charge is 0.481 e. The predicted molar refractivity (Wildman–Crippen MR) is 53.0 cm³/mol. The molecule has 1 saturated heterocycles. The average molecular weight is 206 g/mol. The third-order valence-corrected chi connectivity index (χ3v) is 3.94. The number of nitrogens with zero attached hydrogens (tertiary/aromatic N) is 2. The maximum absolute atomic E-state index is 8.70. The van der Waals surface area contributed by atoms with Gasteiger partial charge >= 0.3 is 0 Å². The van der Waals surface area contributed by atoms with Gasteiger partial charge in [-0.1, -0.05) is 18.2 Å². The number of hydrogen-bond donors (Lipinski definition) is 0. The van der Waals surface area contributed by atoms with Crippen LogP contribution in [0.1, 0.15) is 25.7 Å². The van der Waals surface area contributed by atoms with Crippen molar-refractivity contribution in [1.82, 2.24) is 0 Å². The van der Waals surface area contributed by atoms with Crippen LogP contribution >= 0.6 is 11.8 Å². The molecule has 0 amide bonds. The van der Waals surface area contributed by atoms with Crippen LogP contribution in [0.2, 0.25) is 0 Å². The summed E-state index contributed by atoms with van der Waals surface area (Å²) < 4.78 is 5.61. The van der Waals surface area contributed by atoms with E-state index in [9.17, 15) is 0 Å². The first-order valence-corrected chi connectivity index (χ1v) is 5.61. The highest BCUT2D eigenvalue weighted by Gasteiger charge is 2.36. The molecule has 2 atom stereocenters. The molecular weight excluding hydrogens is 196 g/mol. The molecule has 2 rings (SSSR count). The van der Waals surface area contributed by atoms with Gasteiger partial charge in [-0.3, -0.25) is 0 Å². The maximum Gasteiger partial charge on any atom is 0.182 e. The van der Waals surface area contributed by atoms with Crippen molar-refractivity contribution in [2.45, 2.75) is 37.0 Å². The van der Waals surface area contributed by atoms with Crippen LogP contribution in [-0.4, -0.2) is 11.4 Å². The lowest BCUT2D eigenvalue weighted by atomic mass is 9.97. The molecule has 0 bridgehead atoms. The number of allylic oxidation sites excluding steroid dienone is 1. The van der Waals surface area contributed by atoms with Crippen LogP contribution in [0.15, 0.2) is 10.7 Å². The minimum atomic E-state index is 0.129. The van der Waals surface area contributed by atoms with Crippen molar-refractivity contribution >= 4 is 11.8 Å². The van der Waals surface area contributed by atoms with Crippen LogP contribution in [0, 0.1) is 22.7 Å². The molecule has 0 aromatic heterocycles. The summed E-state index contributed by atoms with van der Waals surface area (Å²) in [5.74, 6) is 0. The third-order valence-electron chi connectivity index (χ3n) is 2.59. The van der Waals surface area contributed by atoms with E-state index in [1.165, 1.54) is 12.8 Å². The Morgan fingerprint density at radius 3 is 2.64 bits per heavy atom. The van der Waals surface area contributed by atoms with Gasteiger partial charge in [0.2, 0.25) is 0 Å². The Labute approximate surface area is 87.3 Å². The maximum atomic E-state index is 8.70. The summed E-state index contributed by atoms with van der Waals surface area (Å²) in [6, 6.07) is 3.75. The standard InChI is InChI=1S/C10H10N2OS/c11-5-7(6-12)10-13-8-3-1-2-4-9(8)14-10/h8-9H,1-4H2/t8-,9+/m1/s1. The Morgan fingerprint density at radius 2 is 2.00 bits per heavy atom. The molecule has 0 spiro atoms. The van der Waals surface area contributed by atoms with Gasteiger partial charge in [-0.25, -0.2) is 0 Å². The summed E-state index contributed by atoms with van der Waals surface area (Å²) >= 11 is 1.56. The zero-order valence-electron chi connectivity index (χ0n) is 7.69. The topological polar surface area (TPSA) is 56.8 Å².